The van der Waals surface area contributed by atoms with Gasteiger partial charge in [-0.25, -0.2) is 13.6 Å². The average Bonchev–Trinajstić information content (AvgIpc) is 3.03. The maximum absolute atomic E-state index is 12.9. The summed E-state index contributed by atoms with van der Waals surface area (Å²) in [6.45, 7) is 2.38. The number of aromatic nitrogens is 2. The van der Waals surface area contributed by atoms with Crippen molar-refractivity contribution in [2.24, 2.45) is 5.73 Å². The summed E-state index contributed by atoms with van der Waals surface area (Å²) in [5.74, 6) is -4.42. The molecule has 0 atom stereocenters. The summed E-state index contributed by atoms with van der Waals surface area (Å²) >= 11 is 0. The van der Waals surface area contributed by atoms with E-state index in [-0.39, 0.29) is 32.8 Å². The van der Waals surface area contributed by atoms with Crippen molar-refractivity contribution in [3.8, 4) is 0 Å². The molecule has 10 nitrogen and oxygen atoms in total. The first kappa shape index (κ1) is 33.0. The van der Waals surface area contributed by atoms with Crippen LogP contribution < -0.4 is 5.73 Å². The van der Waals surface area contributed by atoms with Gasteiger partial charge in [0.05, 0.1) is 43.5 Å². The number of halogens is 2. The molecule has 4 aromatic rings. The number of pyridine rings is 2. The average molecular weight is 604 g/mol. The molecule has 4 rings (SSSR count). The van der Waals surface area contributed by atoms with E-state index in [0.717, 1.165) is 23.5 Å². The third-order valence-electron chi connectivity index (χ3n) is 5.95. The molecule has 0 aliphatic heterocycles. The number of hydrogen-bond donors (Lipinski definition) is 1. The summed E-state index contributed by atoms with van der Waals surface area (Å²) in [7, 11) is 0. The largest absolute Gasteiger partial charge is 0.459 e. The van der Waals surface area contributed by atoms with E-state index in [4.69, 9.17) is 10.5 Å². The van der Waals surface area contributed by atoms with E-state index in [1.165, 1.54) is 34.1 Å². The second-order valence-corrected chi connectivity index (χ2v) is 9.31. The molecule has 0 bridgehead atoms. The van der Waals surface area contributed by atoms with Crippen LogP contribution in [-0.2, 0) is 50.1 Å². The molecule has 3 amide bonds. The van der Waals surface area contributed by atoms with Gasteiger partial charge in [-0.2, -0.15) is 0 Å². The van der Waals surface area contributed by atoms with Crippen LogP contribution in [0.25, 0.3) is 0 Å². The fourth-order valence-electron chi connectivity index (χ4n) is 3.88. The van der Waals surface area contributed by atoms with E-state index in [1.807, 2.05) is 60.7 Å². The van der Waals surface area contributed by atoms with Crippen molar-refractivity contribution < 1.29 is 32.7 Å². The second kappa shape index (κ2) is 16.8. The predicted molar refractivity (Wildman–Crippen MR) is 156 cm³/mol. The highest BCUT2D eigenvalue weighted by Crippen LogP contribution is 2.11. The molecule has 0 aliphatic carbocycles. The molecule has 2 aromatic carbocycles. The maximum Gasteiger partial charge on any atom is 0.397 e. The number of carbonyl (C=O) groups excluding carboxylic acids is 4. The van der Waals surface area contributed by atoms with Gasteiger partial charge in [-0.1, -0.05) is 60.7 Å². The summed E-state index contributed by atoms with van der Waals surface area (Å²) in [5, 5.41) is 0. The van der Waals surface area contributed by atoms with E-state index >= 15 is 0 Å². The Hall–Kier alpha value is -5.52. The molecule has 44 heavy (non-hydrogen) atoms. The molecule has 0 unspecified atom stereocenters. The number of carbonyl (C=O) groups is 4. The number of nitrogens with zero attached hydrogens (tertiary/aromatic N) is 4. The molecule has 2 heterocycles. The molecule has 0 radical (unpaired) electrons. The number of benzene rings is 2. The molecular weight excluding hydrogens is 572 g/mol. The van der Waals surface area contributed by atoms with E-state index in [9.17, 15) is 28.0 Å². The molecule has 0 aliphatic rings. The number of esters is 1. The first-order valence-corrected chi connectivity index (χ1v) is 13.5. The topological polar surface area (TPSA) is 136 Å². The van der Waals surface area contributed by atoms with Crippen molar-refractivity contribution in [1.29, 1.82) is 0 Å². The molecule has 0 saturated heterocycles. The first-order chi connectivity index (χ1) is 21.2. The Kier molecular flexibility index (Phi) is 12.6. The summed E-state index contributed by atoms with van der Waals surface area (Å²) in [5.41, 5.74) is 7.74. The van der Waals surface area contributed by atoms with Crippen LogP contribution in [0.2, 0.25) is 0 Å². The van der Waals surface area contributed by atoms with Gasteiger partial charge in [0.25, 0.3) is 0 Å². The molecule has 0 spiro atoms. The highest BCUT2D eigenvalue weighted by Gasteiger charge is 2.24. The summed E-state index contributed by atoms with van der Waals surface area (Å²) in [6.07, 6.45) is 2.13. The van der Waals surface area contributed by atoms with Crippen molar-refractivity contribution in [2.75, 3.05) is 6.61 Å². The zero-order valence-corrected chi connectivity index (χ0v) is 23.9. The Bertz CT molecular complexity index is 1520. The van der Waals surface area contributed by atoms with Crippen LogP contribution >= 0.6 is 0 Å². The normalized spacial score (nSPS) is 10.2. The lowest BCUT2D eigenvalue weighted by Crippen LogP contribution is -2.39. The number of ether oxygens (including phenoxy) is 1. The predicted octanol–water partition coefficient (Wildman–Crippen LogP) is 3.55. The molecule has 228 valence electrons. The van der Waals surface area contributed by atoms with Gasteiger partial charge in [-0.3, -0.25) is 24.4 Å². The van der Waals surface area contributed by atoms with E-state index < -0.39 is 35.3 Å². The number of hydrogen-bond acceptors (Lipinski definition) is 7. The van der Waals surface area contributed by atoms with Crippen LogP contribution in [0.3, 0.4) is 0 Å². The molecular formula is C32H31F2N5O5. The lowest BCUT2D eigenvalue weighted by atomic mass is 10.2. The van der Waals surface area contributed by atoms with Crippen molar-refractivity contribution in [3.05, 3.63) is 131 Å². The highest BCUT2D eigenvalue weighted by molar-refractivity contribution is 6.34. The zero-order chi connectivity index (χ0) is 31.9. The van der Waals surface area contributed by atoms with Crippen LogP contribution in [0.15, 0.2) is 97.3 Å². The van der Waals surface area contributed by atoms with E-state index in [2.05, 4.69) is 9.97 Å². The standard InChI is InChI=1S/C17H17FN2O3.C15H14FN3O2/c1-2-23-17(22)16(21)20(11-13-6-4-3-5-7-13)12-15-9-8-14(18)10-19-15;16-12-6-7-13(18-8-12)10-19(15(21)14(17)20)9-11-4-2-1-3-5-11/h3-10H,2,11-12H2,1H3;1-8H,9-10H2,(H2,17,20). The quantitative estimate of drug-likeness (QED) is 0.228. The summed E-state index contributed by atoms with van der Waals surface area (Å²) in [4.78, 5) is 57.4. The van der Waals surface area contributed by atoms with Crippen molar-refractivity contribution in [2.45, 2.75) is 33.1 Å². The number of rotatable bonds is 9. The fourth-order valence-corrected chi connectivity index (χ4v) is 3.88. The summed E-state index contributed by atoms with van der Waals surface area (Å²) in [6, 6.07) is 23.9. The van der Waals surface area contributed by atoms with Crippen LogP contribution in [0.4, 0.5) is 8.78 Å². The van der Waals surface area contributed by atoms with Gasteiger partial charge in [0, 0.05) is 13.1 Å². The van der Waals surface area contributed by atoms with Gasteiger partial charge in [-0.15, -0.1) is 0 Å². The molecule has 2 N–H and O–H groups in total. The lowest BCUT2D eigenvalue weighted by Gasteiger charge is -2.21. The summed E-state index contributed by atoms with van der Waals surface area (Å²) < 4.78 is 30.6. The van der Waals surface area contributed by atoms with Crippen molar-refractivity contribution in [3.63, 3.8) is 0 Å². The van der Waals surface area contributed by atoms with Gasteiger partial charge < -0.3 is 20.3 Å². The van der Waals surface area contributed by atoms with Crippen molar-refractivity contribution in [1.82, 2.24) is 19.8 Å². The van der Waals surface area contributed by atoms with Crippen LogP contribution in [0.1, 0.15) is 29.4 Å². The zero-order valence-electron chi connectivity index (χ0n) is 23.9. The fraction of sp³-hybridized carbons (Fsp3) is 0.188. The highest BCUT2D eigenvalue weighted by atomic mass is 19.1. The minimum atomic E-state index is -1.03. The van der Waals surface area contributed by atoms with E-state index in [1.54, 1.807) is 6.92 Å². The van der Waals surface area contributed by atoms with Gasteiger partial charge in [0.2, 0.25) is 0 Å². The third-order valence-corrected chi connectivity index (χ3v) is 5.95. The van der Waals surface area contributed by atoms with Gasteiger partial charge in [0.1, 0.15) is 11.6 Å². The lowest BCUT2D eigenvalue weighted by molar-refractivity contribution is -0.160. The Balaban J connectivity index is 0.000000241. The third kappa shape index (κ3) is 10.7. The monoisotopic (exact) mass is 603 g/mol. The molecule has 0 fully saturated rings. The van der Waals surface area contributed by atoms with Crippen LogP contribution in [0, 0.1) is 11.6 Å². The second-order valence-electron chi connectivity index (χ2n) is 9.31. The number of primary amides is 1. The van der Waals surface area contributed by atoms with E-state index in [0.29, 0.717) is 11.4 Å². The van der Waals surface area contributed by atoms with Gasteiger partial charge in [-0.05, 0) is 42.3 Å². The molecule has 12 heteroatoms. The van der Waals surface area contributed by atoms with Crippen LogP contribution in [-0.4, -0.2) is 50.1 Å². The minimum absolute atomic E-state index is 0.0803. The maximum atomic E-state index is 12.9. The Morgan fingerprint density at radius 3 is 1.45 bits per heavy atom. The Morgan fingerprint density at radius 1 is 0.659 bits per heavy atom. The van der Waals surface area contributed by atoms with Crippen molar-refractivity contribution >= 4 is 23.7 Å². The minimum Gasteiger partial charge on any atom is -0.459 e. The SMILES string of the molecule is CCOC(=O)C(=O)N(Cc1ccccc1)Cc1ccc(F)cn1.NC(=O)C(=O)N(Cc1ccccc1)Cc1ccc(F)cn1. The van der Waals surface area contributed by atoms with Gasteiger partial charge in [0.15, 0.2) is 0 Å². The molecule has 0 saturated carbocycles. The van der Waals surface area contributed by atoms with Crippen LogP contribution in [0.5, 0.6) is 0 Å². The number of nitrogens with two attached hydrogens (primary N) is 1. The smallest absolute Gasteiger partial charge is 0.397 e. The first-order valence-electron chi connectivity index (χ1n) is 13.5. The Morgan fingerprint density at radius 2 is 1.09 bits per heavy atom. The number of amides is 3. The molecule has 2 aromatic heterocycles. The Labute approximate surface area is 253 Å². The van der Waals surface area contributed by atoms with Gasteiger partial charge >= 0.3 is 23.7 Å².